The third-order valence-corrected chi connectivity index (χ3v) is 3.50. The lowest BCUT2D eigenvalue weighted by Crippen LogP contribution is -2.63. The van der Waals surface area contributed by atoms with Gasteiger partial charge in [-0.3, -0.25) is 0 Å². The largest absolute Gasteiger partial charge is 0.316 e. The summed E-state index contributed by atoms with van der Waals surface area (Å²) in [5.74, 6) is 1.95. The average molecular weight is 139 g/mol. The normalized spacial score (nSPS) is 35.7. The molecular formula is C9H17N. The van der Waals surface area contributed by atoms with Crippen molar-refractivity contribution in [3.63, 3.8) is 0 Å². The molecule has 0 aromatic rings. The second kappa shape index (κ2) is 1.97. The molecule has 1 heteroatoms. The van der Waals surface area contributed by atoms with E-state index < -0.39 is 0 Å². The first-order valence-corrected chi connectivity index (χ1v) is 4.45. The zero-order chi connectivity index (χ0) is 7.19. The van der Waals surface area contributed by atoms with E-state index in [0.29, 0.717) is 0 Å². The van der Waals surface area contributed by atoms with Crippen LogP contribution in [0.1, 0.15) is 26.7 Å². The van der Waals surface area contributed by atoms with Gasteiger partial charge in [-0.25, -0.2) is 0 Å². The Morgan fingerprint density at radius 2 is 2.10 bits per heavy atom. The van der Waals surface area contributed by atoms with E-state index in [2.05, 4.69) is 19.2 Å². The van der Waals surface area contributed by atoms with Gasteiger partial charge in [0, 0.05) is 13.1 Å². The smallest absolute Gasteiger partial charge is 0.00230 e. The summed E-state index contributed by atoms with van der Waals surface area (Å²) in [6.07, 6.45) is 2.97. The molecule has 58 valence electrons. The highest BCUT2D eigenvalue weighted by atomic mass is 15.0. The fourth-order valence-corrected chi connectivity index (χ4v) is 2.64. The summed E-state index contributed by atoms with van der Waals surface area (Å²) in [5.41, 5.74) is 0.772. The second-order valence-corrected chi connectivity index (χ2v) is 4.36. The molecule has 1 heterocycles. The summed E-state index contributed by atoms with van der Waals surface area (Å²) in [6, 6.07) is 0. The van der Waals surface area contributed by atoms with Crippen molar-refractivity contribution >= 4 is 0 Å². The molecule has 0 bridgehead atoms. The molecule has 2 aliphatic rings. The van der Waals surface area contributed by atoms with Crippen molar-refractivity contribution in [3.8, 4) is 0 Å². The van der Waals surface area contributed by atoms with Crippen molar-refractivity contribution in [1.29, 1.82) is 0 Å². The first-order valence-electron chi connectivity index (χ1n) is 4.45. The summed E-state index contributed by atoms with van der Waals surface area (Å²) in [6.45, 7) is 7.33. The zero-order valence-electron chi connectivity index (χ0n) is 6.98. The van der Waals surface area contributed by atoms with E-state index in [1.54, 1.807) is 0 Å². The molecule has 10 heavy (non-hydrogen) atoms. The highest BCUT2D eigenvalue weighted by Crippen LogP contribution is 2.52. The van der Waals surface area contributed by atoms with Crippen LogP contribution in [-0.4, -0.2) is 13.1 Å². The van der Waals surface area contributed by atoms with Gasteiger partial charge in [0.2, 0.25) is 0 Å². The molecule has 1 N–H and O–H groups in total. The van der Waals surface area contributed by atoms with E-state index in [-0.39, 0.29) is 0 Å². The monoisotopic (exact) mass is 139 g/mol. The van der Waals surface area contributed by atoms with E-state index in [9.17, 15) is 0 Å². The highest BCUT2D eigenvalue weighted by molar-refractivity contribution is 5.04. The first-order chi connectivity index (χ1) is 4.75. The lowest BCUT2D eigenvalue weighted by Gasteiger charge is -2.58. The van der Waals surface area contributed by atoms with Gasteiger partial charge in [-0.15, -0.1) is 0 Å². The van der Waals surface area contributed by atoms with Crippen LogP contribution in [0.4, 0.5) is 0 Å². The summed E-state index contributed by atoms with van der Waals surface area (Å²) in [5, 5.41) is 3.39. The third-order valence-electron chi connectivity index (χ3n) is 3.50. The van der Waals surface area contributed by atoms with E-state index in [4.69, 9.17) is 0 Å². The van der Waals surface area contributed by atoms with Crippen LogP contribution in [0.3, 0.4) is 0 Å². The van der Waals surface area contributed by atoms with Crippen molar-refractivity contribution in [2.24, 2.45) is 17.3 Å². The number of hydrogen-bond donors (Lipinski definition) is 1. The van der Waals surface area contributed by atoms with Crippen molar-refractivity contribution in [3.05, 3.63) is 0 Å². The maximum atomic E-state index is 3.39. The fourth-order valence-electron chi connectivity index (χ4n) is 2.64. The van der Waals surface area contributed by atoms with E-state index in [1.807, 2.05) is 0 Å². The van der Waals surface area contributed by atoms with Gasteiger partial charge in [0.25, 0.3) is 0 Å². The first kappa shape index (κ1) is 6.66. The minimum Gasteiger partial charge on any atom is -0.316 e. The highest BCUT2D eigenvalue weighted by Gasteiger charge is 2.51. The van der Waals surface area contributed by atoms with Crippen LogP contribution < -0.4 is 5.32 Å². The second-order valence-electron chi connectivity index (χ2n) is 4.36. The summed E-state index contributed by atoms with van der Waals surface area (Å²) in [4.78, 5) is 0. The Hall–Kier alpha value is -0.0400. The van der Waals surface area contributed by atoms with Crippen LogP contribution >= 0.6 is 0 Å². The predicted molar refractivity (Wildman–Crippen MR) is 42.9 cm³/mol. The lowest BCUT2D eigenvalue weighted by molar-refractivity contribution is -0.0498. The Bertz CT molecular complexity index is 130. The van der Waals surface area contributed by atoms with Crippen molar-refractivity contribution in [2.75, 3.05) is 13.1 Å². The van der Waals surface area contributed by atoms with Gasteiger partial charge in [0.1, 0.15) is 0 Å². The standard InChI is InChI=1S/C9H17N/c1-7(2)8-3-4-9(8)5-10-6-9/h7-8,10H,3-6H2,1-2H3. The Morgan fingerprint density at radius 1 is 1.40 bits per heavy atom. The fraction of sp³-hybridized carbons (Fsp3) is 1.00. The molecule has 1 atom stereocenters. The maximum absolute atomic E-state index is 3.39. The van der Waals surface area contributed by atoms with Gasteiger partial charge < -0.3 is 5.32 Å². The van der Waals surface area contributed by atoms with Crippen molar-refractivity contribution in [1.82, 2.24) is 5.32 Å². The molecule has 0 radical (unpaired) electrons. The maximum Gasteiger partial charge on any atom is 0.00230 e. The van der Waals surface area contributed by atoms with Crippen molar-refractivity contribution < 1.29 is 0 Å². The number of rotatable bonds is 1. The molecule has 1 unspecified atom stereocenters. The van der Waals surface area contributed by atoms with E-state index >= 15 is 0 Å². The molecule has 0 aromatic carbocycles. The summed E-state index contributed by atoms with van der Waals surface area (Å²) < 4.78 is 0. The minimum absolute atomic E-state index is 0.772. The van der Waals surface area contributed by atoms with Crippen molar-refractivity contribution in [2.45, 2.75) is 26.7 Å². The van der Waals surface area contributed by atoms with Gasteiger partial charge in [0.15, 0.2) is 0 Å². The molecule has 1 nitrogen and oxygen atoms in total. The topological polar surface area (TPSA) is 12.0 Å². The minimum atomic E-state index is 0.772. The summed E-state index contributed by atoms with van der Waals surface area (Å²) >= 11 is 0. The average Bonchev–Trinajstić information content (AvgIpc) is 1.53. The van der Waals surface area contributed by atoms with Crippen LogP contribution in [-0.2, 0) is 0 Å². The molecule has 1 aliphatic heterocycles. The SMILES string of the molecule is CC(C)C1CCC12CNC2. The molecule has 0 aromatic heterocycles. The van der Waals surface area contributed by atoms with Crippen LogP contribution in [0, 0.1) is 17.3 Å². The van der Waals surface area contributed by atoms with Crippen LogP contribution in [0.15, 0.2) is 0 Å². The molecule has 2 rings (SSSR count). The predicted octanol–water partition coefficient (Wildman–Crippen LogP) is 1.64. The van der Waals surface area contributed by atoms with E-state index in [1.165, 1.54) is 25.9 Å². The molecule has 1 saturated heterocycles. The Labute approximate surface area is 63.2 Å². The van der Waals surface area contributed by atoms with Gasteiger partial charge in [-0.2, -0.15) is 0 Å². The Balaban J connectivity index is 1.99. The molecule has 1 spiro atoms. The molecule has 2 fully saturated rings. The molecule has 0 amide bonds. The molecular weight excluding hydrogens is 122 g/mol. The van der Waals surface area contributed by atoms with Crippen LogP contribution in [0.25, 0.3) is 0 Å². The third kappa shape index (κ3) is 0.672. The van der Waals surface area contributed by atoms with Gasteiger partial charge in [-0.05, 0) is 30.1 Å². The quantitative estimate of drug-likeness (QED) is 0.582. The molecule has 1 saturated carbocycles. The summed E-state index contributed by atoms with van der Waals surface area (Å²) in [7, 11) is 0. The van der Waals surface area contributed by atoms with E-state index in [0.717, 1.165) is 17.3 Å². The number of nitrogens with one attached hydrogen (secondary N) is 1. The Kier molecular flexibility index (Phi) is 1.31. The van der Waals surface area contributed by atoms with Crippen LogP contribution in [0.5, 0.6) is 0 Å². The Morgan fingerprint density at radius 3 is 2.20 bits per heavy atom. The van der Waals surface area contributed by atoms with Gasteiger partial charge in [-0.1, -0.05) is 13.8 Å². The zero-order valence-corrected chi connectivity index (χ0v) is 6.98. The van der Waals surface area contributed by atoms with Crippen LogP contribution in [0.2, 0.25) is 0 Å². The molecule has 1 aliphatic carbocycles. The van der Waals surface area contributed by atoms with Gasteiger partial charge in [0.05, 0.1) is 0 Å². The number of hydrogen-bond acceptors (Lipinski definition) is 1. The van der Waals surface area contributed by atoms with Gasteiger partial charge >= 0.3 is 0 Å². The lowest BCUT2D eigenvalue weighted by atomic mass is 9.53.